The van der Waals surface area contributed by atoms with E-state index in [1.165, 1.54) is 12.0 Å². The lowest BCUT2D eigenvalue weighted by Crippen LogP contribution is -2.46. The Morgan fingerprint density at radius 3 is 3.00 bits per heavy atom. The van der Waals surface area contributed by atoms with Crippen molar-refractivity contribution in [2.45, 2.75) is 38.6 Å². The van der Waals surface area contributed by atoms with Gasteiger partial charge in [-0.3, -0.25) is 9.78 Å². The first-order valence-corrected chi connectivity index (χ1v) is 8.20. The predicted molar refractivity (Wildman–Crippen MR) is 84.8 cm³/mol. The summed E-state index contributed by atoms with van der Waals surface area (Å²) in [5, 5.41) is 6.21. The lowest BCUT2D eigenvalue weighted by atomic mass is 10.1. The van der Waals surface area contributed by atoms with Crippen LogP contribution < -0.4 is 15.4 Å². The van der Waals surface area contributed by atoms with Crippen molar-refractivity contribution in [1.82, 2.24) is 15.6 Å². The molecule has 1 aliphatic heterocycles. The van der Waals surface area contributed by atoms with Crippen LogP contribution in [0.3, 0.4) is 0 Å². The molecule has 0 bridgehead atoms. The number of nitrogens with one attached hydrogen (secondary N) is 2. The molecule has 22 heavy (non-hydrogen) atoms. The molecule has 2 heterocycles. The summed E-state index contributed by atoms with van der Waals surface area (Å²) in [6.07, 6.45) is 5.97. The molecular weight excluding hydrogens is 278 g/mol. The molecule has 4 atom stereocenters. The highest BCUT2D eigenvalue weighted by atomic mass is 16.5. The second-order valence-electron chi connectivity index (χ2n) is 6.53. The Bertz CT molecular complexity index is 530. The number of hydrogen-bond acceptors (Lipinski definition) is 4. The molecule has 5 heteroatoms. The first-order valence-electron chi connectivity index (χ1n) is 8.20. The van der Waals surface area contributed by atoms with Gasteiger partial charge < -0.3 is 15.4 Å². The van der Waals surface area contributed by atoms with Crippen LogP contribution in [0.4, 0.5) is 0 Å². The number of aromatic nitrogens is 1. The number of carbonyl (C=O) groups is 1. The second kappa shape index (κ2) is 6.65. The van der Waals surface area contributed by atoms with Gasteiger partial charge in [-0.15, -0.1) is 0 Å². The van der Waals surface area contributed by atoms with E-state index in [0.717, 1.165) is 31.9 Å². The van der Waals surface area contributed by atoms with E-state index < -0.39 is 0 Å². The molecule has 3 rings (SSSR count). The fraction of sp³-hybridized carbons (Fsp3) is 0.647. The van der Waals surface area contributed by atoms with E-state index >= 15 is 0 Å². The van der Waals surface area contributed by atoms with Gasteiger partial charge in [-0.2, -0.15) is 0 Å². The third-order valence-corrected chi connectivity index (χ3v) is 4.91. The van der Waals surface area contributed by atoms with Crippen LogP contribution >= 0.6 is 0 Å². The fourth-order valence-corrected chi connectivity index (χ4v) is 3.34. The van der Waals surface area contributed by atoms with Crippen molar-refractivity contribution in [3.63, 3.8) is 0 Å². The zero-order chi connectivity index (χ0) is 15.5. The summed E-state index contributed by atoms with van der Waals surface area (Å²) in [6, 6.07) is 2.62. The largest absolute Gasteiger partial charge is 0.490 e. The Morgan fingerprint density at radius 1 is 1.50 bits per heavy atom. The summed E-state index contributed by atoms with van der Waals surface area (Å²) in [7, 11) is 0. The molecule has 0 aromatic carbocycles. The summed E-state index contributed by atoms with van der Waals surface area (Å²) in [5.41, 5.74) is 1.26. The molecule has 4 unspecified atom stereocenters. The molecule has 2 fully saturated rings. The molecular formula is C17H25N3O2. The lowest BCUT2D eigenvalue weighted by molar-refractivity contribution is -0.118. The molecule has 1 saturated heterocycles. The average Bonchev–Trinajstić information content (AvgIpc) is 3.07. The van der Waals surface area contributed by atoms with E-state index in [1.54, 1.807) is 13.1 Å². The number of pyridine rings is 1. The van der Waals surface area contributed by atoms with E-state index in [1.807, 2.05) is 6.20 Å². The minimum Gasteiger partial charge on any atom is -0.490 e. The number of nitrogens with zero attached hydrogens (tertiary/aromatic N) is 1. The van der Waals surface area contributed by atoms with Crippen LogP contribution in [-0.4, -0.2) is 36.6 Å². The van der Waals surface area contributed by atoms with Crippen LogP contribution in [0, 0.1) is 11.8 Å². The number of amides is 1. The molecule has 0 radical (unpaired) electrons. The van der Waals surface area contributed by atoms with Gasteiger partial charge in [-0.25, -0.2) is 0 Å². The lowest BCUT2D eigenvalue weighted by Gasteiger charge is -2.27. The highest BCUT2D eigenvalue weighted by molar-refractivity contribution is 5.72. The van der Waals surface area contributed by atoms with Crippen molar-refractivity contribution in [2.24, 2.45) is 11.8 Å². The topological polar surface area (TPSA) is 63.2 Å². The van der Waals surface area contributed by atoms with Crippen molar-refractivity contribution >= 4 is 5.91 Å². The molecule has 2 aliphatic rings. The Labute approximate surface area is 131 Å². The molecule has 120 valence electrons. The third-order valence-electron chi connectivity index (χ3n) is 4.91. The quantitative estimate of drug-likeness (QED) is 0.805. The number of rotatable bonds is 7. The molecule has 2 N–H and O–H groups in total. The first kappa shape index (κ1) is 15.3. The standard InChI is InChI=1S/C17H25N3O2/c1-11-16(4-6-19-12(2)21)17(11)13-7-15(9-18-8-13)22-10-14-3-5-20-14/h7-9,11,14,16-17,20H,3-6,10H2,1-2H3,(H,19,21). The van der Waals surface area contributed by atoms with Gasteiger partial charge in [0.1, 0.15) is 12.4 Å². The van der Waals surface area contributed by atoms with Crippen LogP contribution in [0.5, 0.6) is 5.75 Å². The molecule has 1 saturated carbocycles. The van der Waals surface area contributed by atoms with Gasteiger partial charge in [-0.1, -0.05) is 6.92 Å². The number of ether oxygens (including phenoxy) is 1. The summed E-state index contributed by atoms with van der Waals surface area (Å²) in [4.78, 5) is 15.3. The Balaban J connectivity index is 1.52. The van der Waals surface area contributed by atoms with Crippen molar-refractivity contribution in [1.29, 1.82) is 0 Å². The first-order chi connectivity index (χ1) is 10.6. The van der Waals surface area contributed by atoms with Crippen LogP contribution in [0.15, 0.2) is 18.5 Å². The predicted octanol–water partition coefficient (Wildman–Crippen LogP) is 1.70. The normalized spacial score (nSPS) is 29.5. The maximum Gasteiger partial charge on any atom is 0.216 e. The highest BCUT2D eigenvalue weighted by Gasteiger charge is 2.47. The minimum atomic E-state index is 0.0477. The monoisotopic (exact) mass is 303 g/mol. The van der Waals surface area contributed by atoms with Gasteiger partial charge in [0.2, 0.25) is 5.91 Å². The highest BCUT2D eigenvalue weighted by Crippen LogP contribution is 2.55. The summed E-state index contributed by atoms with van der Waals surface area (Å²) >= 11 is 0. The molecule has 1 aromatic rings. The summed E-state index contributed by atoms with van der Waals surface area (Å²) in [5.74, 6) is 2.75. The van der Waals surface area contributed by atoms with Crippen LogP contribution in [-0.2, 0) is 4.79 Å². The third kappa shape index (κ3) is 3.58. The van der Waals surface area contributed by atoms with Gasteiger partial charge in [0.05, 0.1) is 6.20 Å². The zero-order valence-corrected chi connectivity index (χ0v) is 13.3. The van der Waals surface area contributed by atoms with Crippen molar-refractivity contribution in [3.8, 4) is 5.75 Å². The zero-order valence-electron chi connectivity index (χ0n) is 13.3. The molecule has 1 aliphatic carbocycles. The van der Waals surface area contributed by atoms with Crippen molar-refractivity contribution in [2.75, 3.05) is 19.7 Å². The Hall–Kier alpha value is -1.62. The SMILES string of the molecule is CC(=O)NCCC1C(C)C1c1cncc(OCC2CCN2)c1. The summed E-state index contributed by atoms with van der Waals surface area (Å²) < 4.78 is 5.83. The van der Waals surface area contributed by atoms with E-state index in [-0.39, 0.29) is 5.91 Å². The van der Waals surface area contributed by atoms with E-state index in [0.29, 0.717) is 23.8 Å². The molecule has 1 amide bonds. The molecule has 0 spiro atoms. The smallest absolute Gasteiger partial charge is 0.216 e. The van der Waals surface area contributed by atoms with Gasteiger partial charge >= 0.3 is 0 Å². The number of hydrogen-bond donors (Lipinski definition) is 2. The molecule has 5 nitrogen and oxygen atoms in total. The van der Waals surface area contributed by atoms with Gasteiger partial charge in [0.15, 0.2) is 0 Å². The number of carbonyl (C=O) groups excluding carboxylic acids is 1. The van der Waals surface area contributed by atoms with Gasteiger partial charge in [-0.05, 0) is 48.8 Å². The Morgan fingerprint density at radius 2 is 2.32 bits per heavy atom. The maximum atomic E-state index is 10.9. The van der Waals surface area contributed by atoms with Crippen molar-refractivity contribution < 1.29 is 9.53 Å². The van der Waals surface area contributed by atoms with E-state index in [9.17, 15) is 4.79 Å². The summed E-state index contributed by atoms with van der Waals surface area (Å²) in [6.45, 7) is 6.42. The van der Waals surface area contributed by atoms with Crippen LogP contribution in [0.25, 0.3) is 0 Å². The van der Waals surface area contributed by atoms with Crippen LogP contribution in [0.2, 0.25) is 0 Å². The van der Waals surface area contributed by atoms with Gasteiger partial charge in [0, 0.05) is 25.7 Å². The van der Waals surface area contributed by atoms with Crippen molar-refractivity contribution in [3.05, 3.63) is 24.0 Å². The molecule has 1 aromatic heterocycles. The second-order valence-corrected chi connectivity index (χ2v) is 6.53. The Kier molecular flexibility index (Phi) is 4.62. The minimum absolute atomic E-state index is 0.0477. The van der Waals surface area contributed by atoms with E-state index in [4.69, 9.17) is 4.74 Å². The van der Waals surface area contributed by atoms with Gasteiger partial charge in [0.25, 0.3) is 0 Å². The average molecular weight is 303 g/mol. The van der Waals surface area contributed by atoms with E-state index in [2.05, 4.69) is 28.6 Å². The fourth-order valence-electron chi connectivity index (χ4n) is 3.34. The maximum absolute atomic E-state index is 10.9. The van der Waals surface area contributed by atoms with Crippen LogP contribution in [0.1, 0.15) is 38.2 Å².